The largest absolute Gasteiger partial charge is 0.508 e. The first-order valence-corrected chi connectivity index (χ1v) is 18.0. The molecule has 1 aliphatic carbocycles. The highest BCUT2D eigenvalue weighted by Crippen LogP contribution is 2.48. The molecule has 1 N–H and O–H groups in total. The van der Waals surface area contributed by atoms with Crippen molar-refractivity contribution >= 4 is 34.6 Å². The average Bonchev–Trinajstić information content (AvgIpc) is 3.46. The summed E-state index contributed by atoms with van der Waals surface area (Å²) in [7, 11) is -0.0753. The molecule has 0 spiro atoms. The Morgan fingerprint density at radius 3 is 2.71 bits per heavy atom. The Morgan fingerprint density at radius 2 is 1.93 bits per heavy atom. The fraction of sp³-hybridized carbons (Fsp3) is 0.441. The van der Waals surface area contributed by atoms with E-state index in [0.29, 0.717) is 54.7 Å². The molecule has 45 heavy (non-hydrogen) atoms. The minimum absolute atomic E-state index is 0.00152. The van der Waals surface area contributed by atoms with Gasteiger partial charge in [-0.1, -0.05) is 18.4 Å². The smallest absolute Gasteiger partial charge is 0.319 e. The molecular formula is C34H36F2N5O3P. The van der Waals surface area contributed by atoms with Gasteiger partial charge in [-0.05, 0) is 69.5 Å². The van der Waals surface area contributed by atoms with Gasteiger partial charge in [-0.3, -0.25) is 4.98 Å². The van der Waals surface area contributed by atoms with E-state index >= 15 is 4.39 Å². The molecule has 1 saturated carbocycles. The van der Waals surface area contributed by atoms with Crippen LogP contribution in [0.4, 0.5) is 14.6 Å². The van der Waals surface area contributed by atoms with Crippen LogP contribution in [0.25, 0.3) is 32.9 Å². The van der Waals surface area contributed by atoms with Crippen molar-refractivity contribution in [1.82, 2.24) is 19.9 Å². The van der Waals surface area contributed by atoms with Crippen molar-refractivity contribution in [3.05, 3.63) is 47.7 Å². The number of phenols is 1. The Bertz CT molecular complexity index is 1920. The van der Waals surface area contributed by atoms with Crippen molar-refractivity contribution in [2.45, 2.75) is 38.1 Å². The fourth-order valence-corrected chi connectivity index (χ4v) is 9.31. The monoisotopic (exact) mass is 631 g/mol. The lowest BCUT2D eigenvalue weighted by atomic mass is 9.76. The molecule has 7 rings (SSSR count). The molecule has 0 amide bonds. The molecular weight excluding hydrogens is 595 g/mol. The maximum atomic E-state index is 16.8. The third-order valence-electron chi connectivity index (χ3n) is 10.1. The molecule has 4 aromatic rings. The van der Waals surface area contributed by atoms with Gasteiger partial charge in [0.05, 0.1) is 24.7 Å². The predicted molar refractivity (Wildman–Crippen MR) is 173 cm³/mol. The number of hydrogen-bond acceptors (Lipinski definition) is 8. The molecule has 2 saturated heterocycles. The molecule has 11 heteroatoms. The van der Waals surface area contributed by atoms with Gasteiger partial charge in [-0.15, -0.1) is 6.42 Å². The molecule has 0 radical (unpaired) electrons. The van der Waals surface area contributed by atoms with Gasteiger partial charge in [-0.25, -0.2) is 8.78 Å². The van der Waals surface area contributed by atoms with Crippen molar-refractivity contribution in [2.75, 3.05) is 57.2 Å². The van der Waals surface area contributed by atoms with Crippen LogP contribution in [0.5, 0.6) is 11.8 Å². The molecule has 0 bridgehead atoms. The zero-order valence-electron chi connectivity index (χ0n) is 25.5. The van der Waals surface area contributed by atoms with E-state index in [0.717, 1.165) is 38.6 Å². The molecule has 3 aliphatic rings. The second-order valence-electron chi connectivity index (χ2n) is 13.0. The lowest BCUT2D eigenvalue weighted by molar-refractivity contribution is 0.0133. The molecule has 2 aromatic carbocycles. The zero-order valence-corrected chi connectivity index (χ0v) is 26.4. The van der Waals surface area contributed by atoms with E-state index in [1.165, 1.54) is 30.5 Å². The third-order valence-corrected chi connectivity index (χ3v) is 12.4. The third kappa shape index (κ3) is 5.20. The topological polar surface area (TPSA) is 91.7 Å². The number of nitrogens with zero attached hydrogens (tertiary/aromatic N) is 5. The Morgan fingerprint density at radius 1 is 1.16 bits per heavy atom. The van der Waals surface area contributed by atoms with Crippen LogP contribution in [0.15, 0.2) is 30.5 Å². The van der Waals surface area contributed by atoms with Crippen molar-refractivity contribution in [3.63, 3.8) is 0 Å². The van der Waals surface area contributed by atoms with Crippen LogP contribution in [0.1, 0.15) is 37.7 Å². The van der Waals surface area contributed by atoms with Gasteiger partial charge in [0.1, 0.15) is 28.6 Å². The summed E-state index contributed by atoms with van der Waals surface area (Å²) >= 11 is 0. The first-order valence-electron chi connectivity index (χ1n) is 15.5. The van der Waals surface area contributed by atoms with E-state index in [2.05, 4.69) is 27.8 Å². The van der Waals surface area contributed by atoms with Crippen LogP contribution in [0, 0.1) is 29.4 Å². The maximum absolute atomic E-state index is 16.8. The first kappa shape index (κ1) is 29.9. The number of benzene rings is 2. The number of pyridine rings is 1. The van der Waals surface area contributed by atoms with E-state index in [4.69, 9.17) is 16.1 Å². The summed E-state index contributed by atoms with van der Waals surface area (Å²) in [5, 5.41) is 11.6. The molecule has 2 atom stereocenters. The molecule has 2 aliphatic heterocycles. The minimum Gasteiger partial charge on any atom is -0.508 e. The number of rotatable bonds is 5. The van der Waals surface area contributed by atoms with Crippen molar-refractivity contribution in [2.24, 2.45) is 5.41 Å². The number of anilines is 1. The number of aromatic hydroxyl groups is 1. The number of terminal acetylenes is 1. The number of phenolic OH excluding ortho intramolecular Hbond substituents is 1. The normalized spacial score (nSPS) is 23.3. The number of hydrogen-bond donors (Lipinski definition) is 1. The SMILES string of the molecule is C#Cc1c(F)ccc2cc(O)cc(-c3ncc4c(N5CCP(C)(=O)CC5)nc(OCC56CCCC5N(C)CCC6)nc4c3F)c12. The van der Waals surface area contributed by atoms with Gasteiger partial charge >= 0.3 is 6.01 Å². The molecule has 3 fully saturated rings. The van der Waals surface area contributed by atoms with Gasteiger partial charge < -0.3 is 24.2 Å². The predicted octanol–water partition coefficient (Wildman–Crippen LogP) is 6.27. The fourth-order valence-electron chi connectivity index (χ4n) is 7.75. The van der Waals surface area contributed by atoms with E-state index < -0.39 is 18.8 Å². The average molecular weight is 632 g/mol. The summed E-state index contributed by atoms with van der Waals surface area (Å²) in [6.45, 7) is 4.31. The minimum atomic E-state index is -2.25. The molecule has 2 aromatic heterocycles. The summed E-state index contributed by atoms with van der Waals surface area (Å²) in [5.41, 5.74) is -0.0229. The Labute approximate surface area is 261 Å². The number of piperidine rings is 1. The highest BCUT2D eigenvalue weighted by Gasteiger charge is 2.47. The molecule has 234 valence electrons. The van der Waals surface area contributed by atoms with Crippen molar-refractivity contribution in [3.8, 4) is 35.4 Å². The van der Waals surface area contributed by atoms with Gasteiger partial charge in [0.15, 0.2) is 5.82 Å². The summed E-state index contributed by atoms with van der Waals surface area (Å²) < 4.78 is 50.7. The lowest BCUT2D eigenvalue weighted by Gasteiger charge is -2.44. The van der Waals surface area contributed by atoms with Crippen LogP contribution in [-0.2, 0) is 4.57 Å². The standard InChI is InChI=1S/C34H36F2N5O3P/c1-4-23-26(35)9-8-21-17-22(42)18-24(28(21)23)30-29(36)31-25(19-37-30)32(41-13-15-45(3,43)16-14-41)39-33(38-31)44-20-34-10-5-7-27(34)40(2)12-6-11-34/h1,8-9,17-19,27,42H,5-7,10-16,20H2,2-3H3. The molecule has 2 unspecified atom stereocenters. The highest BCUT2D eigenvalue weighted by atomic mass is 31.2. The maximum Gasteiger partial charge on any atom is 0.319 e. The number of likely N-dealkylation sites (tertiary alicyclic amines) is 1. The Kier molecular flexibility index (Phi) is 7.45. The second-order valence-corrected chi connectivity index (χ2v) is 16.5. The lowest BCUT2D eigenvalue weighted by Crippen LogP contribution is -2.50. The number of halogens is 2. The number of aromatic nitrogens is 3. The van der Waals surface area contributed by atoms with Gasteiger partial charge in [0.25, 0.3) is 0 Å². The van der Waals surface area contributed by atoms with Gasteiger partial charge in [0.2, 0.25) is 0 Å². The Balaban J connectivity index is 1.37. The van der Waals surface area contributed by atoms with Crippen LogP contribution >= 0.6 is 7.14 Å². The summed E-state index contributed by atoms with van der Waals surface area (Å²) in [6, 6.07) is 5.99. The van der Waals surface area contributed by atoms with Crippen molar-refractivity contribution < 1.29 is 23.2 Å². The summed E-state index contributed by atoms with van der Waals surface area (Å²) in [4.78, 5) is 18.3. The number of ether oxygens (including phenoxy) is 1. The molecule has 4 heterocycles. The quantitative estimate of drug-likeness (QED) is 0.204. The van der Waals surface area contributed by atoms with Crippen LogP contribution in [0.3, 0.4) is 0 Å². The first-order chi connectivity index (χ1) is 21.6. The van der Waals surface area contributed by atoms with E-state index in [1.807, 2.05) is 11.6 Å². The van der Waals surface area contributed by atoms with Crippen LogP contribution in [0.2, 0.25) is 0 Å². The van der Waals surface area contributed by atoms with Crippen LogP contribution in [-0.4, -0.2) is 83.3 Å². The molecule has 8 nitrogen and oxygen atoms in total. The zero-order chi connectivity index (χ0) is 31.5. The summed E-state index contributed by atoms with van der Waals surface area (Å²) in [5.74, 6) is 1.33. The highest BCUT2D eigenvalue weighted by molar-refractivity contribution is 7.63. The van der Waals surface area contributed by atoms with E-state index in [9.17, 15) is 14.1 Å². The van der Waals surface area contributed by atoms with Crippen LogP contribution < -0.4 is 9.64 Å². The van der Waals surface area contributed by atoms with E-state index in [1.54, 1.807) is 0 Å². The van der Waals surface area contributed by atoms with Gasteiger partial charge in [-0.2, -0.15) is 9.97 Å². The van der Waals surface area contributed by atoms with E-state index in [-0.39, 0.29) is 44.9 Å². The number of fused-ring (bicyclic) bond motifs is 3. The Hall–Kier alpha value is -3.80. The second kappa shape index (κ2) is 11.2. The van der Waals surface area contributed by atoms with Crippen molar-refractivity contribution in [1.29, 1.82) is 0 Å². The summed E-state index contributed by atoms with van der Waals surface area (Å²) in [6.07, 6.45) is 13.7. The van der Waals surface area contributed by atoms with Gasteiger partial charge in [0, 0.05) is 54.0 Å².